The fourth-order valence-corrected chi connectivity index (χ4v) is 1.96. The minimum absolute atomic E-state index is 0.0831. The smallest absolute Gasteiger partial charge is 0.407 e. The van der Waals surface area contributed by atoms with Crippen LogP contribution in [0.2, 0.25) is 0 Å². The first-order chi connectivity index (χ1) is 11.7. The molecule has 0 spiro atoms. The second-order valence-corrected chi connectivity index (χ2v) is 4.93. The van der Waals surface area contributed by atoms with Crippen LogP contribution in [0.4, 0.5) is 13.6 Å². The largest absolute Gasteiger partial charge is 0.445 e. The quantitative estimate of drug-likeness (QED) is 0.656. The summed E-state index contributed by atoms with van der Waals surface area (Å²) in [6.45, 7) is 0.484. The number of hydrogen-bond acceptors (Lipinski definition) is 2. The molecule has 1 amide bonds. The van der Waals surface area contributed by atoms with Gasteiger partial charge in [-0.2, -0.15) is 0 Å². The van der Waals surface area contributed by atoms with Crippen molar-refractivity contribution in [3.8, 4) is 11.8 Å². The summed E-state index contributed by atoms with van der Waals surface area (Å²) in [6.07, 6.45) is -2.74. The summed E-state index contributed by atoms with van der Waals surface area (Å²) in [5, 5.41) is 2.56. The number of hydrogen-bond donors (Lipinski definition) is 1. The second kappa shape index (κ2) is 9.31. The summed E-state index contributed by atoms with van der Waals surface area (Å²) in [7, 11) is 0. The summed E-state index contributed by atoms with van der Waals surface area (Å²) in [5.41, 5.74) is 1.12. The zero-order chi connectivity index (χ0) is 17.2. The van der Waals surface area contributed by atoms with Gasteiger partial charge in [0.05, 0.1) is 0 Å². The number of halogens is 2. The highest BCUT2D eigenvalue weighted by Gasteiger charge is 2.09. The van der Waals surface area contributed by atoms with Gasteiger partial charge in [0.2, 0.25) is 0 Å². The van der Waals surface area contributed by atoms with Crippen molar-refractivity contribution in [3.05, 3.63) is 71.3 Å². The van der Waals surface area contributed by atoms with Gasteiger partial charge in [-0.05, 0) is 11.6 Å². The molecule has 1 N–H and O–H groups in total. The third-order valence-corrected chi connectivity index (χ3v) is 3.15. The number of alkyl carbamates (subject to hydrolysis) is 1. The van der Waals surface area contributed by atoms with E-state index in [1.807, 2.05) is 30.3 Å². The van der Waals surface area contributed by atoms with Gasteiger partial charge < -0.3 is 10.1 Å². The minimum atomic E-state index is -2.55. The lowest BCUT2D eigenvalue weighted by Crippen LogP contribution is -2.24. The highest BCUT2D eigenvalue weighted by molar-refractivity contribution is 5.67. The Morgan fingerprint density at radius 3 is 2.54 bits per heavy atom. The van der Waals surface area contributed by atoms with Crippen molar-refractivity contribution in [2.75, 3.05) is 6.54 Å². The number of carbonyl (C=O) groups is 1. The maximum atomic E-state index is 12.8. The first-order valence-electron chi connectivity index (χ1n) is 7.47. The molecule has 0 saturated heterocycles. The number of amides is 1. The first kappa shape index (κ1) is 17.5. The minimum Gasteiger partial charge on any atom is -0.445 e. The Hall–Kier alpha value is -2.87. The van der Waals surface area contributed by atoms with Crippen LogP contribution in [0.5, 0.6) is 0 Å². The van der Waals surface area contributed by atoms with Crippen molar-refractivity contribution in [1.82, 2.24) is 5.32 Å². The molecule has 0 unspecified atom stereocenters. The Bertz CT molecular complexity index is 721. The molecule has 24 heavy (non-hydrogen) atoms. The Labute approximate surface area is 139 Å². The van der Waals surface area contributed by atoms with Gasteiger partial charge in [0, 0.05) is 24.1 Å². The summed E-state index contributed by atoms with van der Waals surface area (Å²) in [4.78, 5) is 11.5. The highest BCUT2D eigenvalue weighted by atomic mass is 19.3. The van der Waals surface area contributed by atoms with Crippen LogP contribution in [-0.4, -0.2) is 12.6 Å². The molecule has 2 rings (SSSR count). The molecule has 2 aromatic rings. The SMILES string of the molecule is O=C(NCCC#Cc1ccccc1C(F)F)OCc1ccccc1. The third-order valence-electron chi connectivity index (χ3n) is 3.15. The Morgan fingerprint density at radius 2 is 1.79 bits per heavy atom. The standard InChI is InChI=1S/C19H17F2NO2/c20-18(21)17-12-5-4-10-16(17)11-6-7-13-22-19(23)24-14-15-8-2-1-3-9-15/h1-5,8-10,12,18H,7,13-14H2,(H,22,23). The number of rotatable bonds is 5. The van der Waals surface area contributed by atoms with E-state index in [0.717, 1.165) is 5.56 Å². The van der Waals surface area contributed by atoms with E-state index in [1.165, 1.54) is 6.07 Å². The van der Waals surface area contributed by atoms with E-state index < -0.39 is 12.5 Å². The van der Waals surface area contributed by atoms with Crippen molar-refractivity contribution in [3.63, 3.8) is 0 Å². The molecule has 5 heteroatoms. The van der Waals surface area contributed by atoms with Gasteiger partial charge in [0.15, 0.2) is 0 Å². The van der Waals surface area contributed by atoms with Gasteiger partial charge in [-0.3, -0.25) is 0 Å². The average molecular weight is 329 g/mol. The zero-order valence-electron chi connectivity index (χ0n) is 13.0. The van der Waals surface area contributed by atoms with Crippen LogP contribution in [0, 0.1) is 11.8 Å². The summed E-state index contributed by atoms with van der Waals surface area (Å²) >= 11 is 0. The van der Waals surface area contributed by atoms with Gasteiger partial charge in [0.25, 0.3) is 6.43 Å². The summed E-state index contributed by atoms with van der Waals surface area (Å²) < 4.78 is 30.6. The predicted octanol–water partition coefficient (Wildman–Crippen LogP) is 4.29. The van der Waals surface area contributed by atoms with Crippen molar-refractivity contribution < 1.29 is 18.3 Å². The molecule has 2 aromatic carbocycles. The zero-order valence-corrected chi connectivity index (χ0v) is 13.0. The third kappa shape index (κ3) is 5.73. The molecule has 0 heterocycles. The van der Waals surface area contributed by atoms with Gasteiger partial charge in [-0.25, -0.2) is 13.6 Å². The molecule has 0 bridgehead atoms. The summed E-state index contributed by atoms with van der Waals surface area (Å²) in [6, 6.07) is 15.5. The van der Waals surface area contributed by atoms with Crippen LogP contribution in [0.1, 0.15) is 29.5 Å². The number of carbonyl (C=O) groups excluding carboxylic acids is 1. The normalized spacial score (nSPS) is 9.96. The molecule has 0 aliphatic rings. The molecular formula is C19H17F2NO2. The van der Waals surface area contributed by atoms with E-state index in [4.69, 9.17) is 4.74 Å². The van der Waals surface area contributed by atoms with E-state index in [0.29, 0.717) is 12.0 Å². The van der Waals surface area contributed by atoms with E-state index in [2.05, 4.69) is 17.2 Å². The number of nitrogens with one attached hydrogen (secondary N) is 1. The fraction of sp³-hybridized carbons (Fsp3) is 0.211. The lowest BCUT2D eigenvalue weighted by atomic mass is 10.1. The fourth-order valence-electron chi connectivity index (χ4n) is 1.96. The second-order valence-electron chi connectivity index (χ2n) is 4.93. The maximum Gasteiger partial charge on any atom is 0.407 e. The molecule has 0 radical (unpaired) electrons. The molecule has 0 aliphatic carbocycles. The van der Waals surface area contributed by atoms with Gasteiger partial charge in [0.1, 0.15) is 6.61 Å². The van der Waals surface area contributed by atoms with E-state index in [1.54, 1.807) is 18.2 Å². The first-order valence-corrected chi connectivity index (χ1v) is 7.47. The van der Waals surface area contributed by atoms with Crippen LogP contribution in [0.3, 0.4) is 0 Å². The van der Waals surface area contributed by atoms with Crippen LogP contribution < -0.4 is 5.32 Å². The van der Waals surface area contributed by atoms with Crippen LogP contribution in [0.15, 0.2) is 54.6 Å². The number of alkyl halides is 2. The van der Waals surface area contributed by atoms with E-state index >= 15 is 0 Å². The predicted molar refractivity (Wildman–Crippen MR) is 87.5 cm³/mol. The number of benzene rings is 2. The Balaban J connectivity index is 1.73. The summed E-state index contributed by atoms with van der Waals surface area (Å²) in [5.74, 6) is 5.48. The van der Waals surface area contributed by atoms with Gasteiger partial charge >= 0.3 is 6.09 Å². The number of ether oxygens (including phenoxy) is 1. The Morgan fingerprint density at radius 1 is 1.08 bits per heavy atom. The monoisotopic (exact) mass is 329 g/mol. The van der Waals surface area contributed by atoms with E-state index in [-0.39, 0.29) is 18.7 Å². The van der Waals surface area contributed by atoms with Crippen LogP contribution >= 0.6 is 0 Å². The molecule has 0 saturated carbocycles. The molecule has 0 aromatic heterocycles. The lowest BCUT2D eigenvalue weighted by molar-refractivity contribution is 0.140. The van der Waals surface area contributed by atoms with Crippen molar-refractivity contribution >= 4 is 6.09 Å². The van der Waals surface area contributed by atoms with Gasteiger partial charge in [-0.15, -0.1) is 0 Å². The molecule has 3 nitrogen and oxygen atoms in total. The molecule has 0 fully saturated rings. The van der Waals surface area contributed by atoms with Crippen molar-refractivity contribution in [1.29, 1.82) is 0 Å². The van der Waals surface area contributed by atoms with Crippen LogP contribution in [-0.2, 0) is 11.3 Å². The molecule has 0 aliphatic heterocycles. The van der Waals surface area contributed by atoms with E-state index in [9.17, 15) is 13.6 Å². The maximum absolute atomic E-state index is 12.8. The van der Waals surface area contributed by atoms with Crippen LogP contribution in [0.25, 0.3) is 0 Å². The van der Waals surface area contributed by atoms with Crippen molar-refractivity contribution in [2.24, 2.45) is 0 Å². The average Bonchev–Trinajstić information content (AvgIpc) is 2.61. The molecule has 0 atom stereocenters. The molecule has 124 valence electrons. The van der Waals surface area contributed by atoms with Gasteiger partial charge in [-0.1, -0.05) is 60.4 Å². The molecular weight excluding hydrogens is 312 g/mol. The highest BCUT2D eigenvalue weighted by Crippen LogP contribution is 2.21. The topological polar surface area (TPSA) is 38.3 Å². The Kier molecular flexibility index (Phi) is 6.78. The lowest BCUT2D eigenvalue weighted by Gasteiger charge is -2.05. The van der Waals surface area contributed by atoms with Crippen molar-refractivity contribution in [2.45, 2.75) is 19.5 Å².